The van der Waals surface area contributed by atoms with E-state index in [1.807, 2.05) is 0 Å². The Hall–Kier alpha value is -1.13. The van der Waals surface area contributed by atoms with Crippen molar-refractivity contribution >= 4 is 17.5 Å². The lowest BCUT2D eigenvalue weighted by molar-refractivity contribution is 0.0941. The van der Waals surface area contributed by atoms with E-state index in [9.17, 15) is 4.79 Å². The summed E-state index contributed by atoms with van der Waals surface area (Å²) in [6.07, 6.45) is 3.34. The second kappa shape index (κ2) is 8.03. The Morgan fingerprint density at radius 1 is 1.53 bits per heavy atom. The average Bonchev–Trinajstić information content (AvgIpc) is 2.33. The van der Waals surface area contributed by atoms with Gasteiger partial charge in [-0.3, -0.25) is 4.79 Å². The highest BCUT2D eigenvalue weighted by Gasteiger charge is 2.04. The summed E-state index contributed by atoms with van der Waals surface area (Å²) in [6, 6.07) is 3.18. The number of amides is 1. The molecule has 94 valence electrons. The normalized spacial score (nSPS) is 10.2. The number of ether oxygens (including phenoxy) is 1. The van der Waals surface area contributed by atoms with Crippen molar-refractivity contribution in [3.05, 3.63) is 29.0 Å². The fraction of sp³-hybridized carbons (Fsp3) is 0.500. The molecule has 1 heterocycles. The van der Waals surface area contributed by atoms with Crippen molar-refractivity contribution in [1.29, 1.82) is 0 Å². The third-order valence-corrected chi connectivity index (χ3v) is 2.29. The van der Waals surface area contributed by atoms with Crippen molar-refractivity contribution in [3.63, 3.8) is 0 Å². The molecule has 0 bridgehead atoms. The highest BCUT2D eigenvalue weighted by molar-refractivity contribution is 6.29. The monoisotopic (exact) mass is 256 g/mol. The third kappa shape index (κ3) is 5.65. The minimum Gasteiger partial charge on any atom is -0.381 e. The number of rotatable bonds is 7. The molecule has 0 saturated carbocycles. The third-order valence-electron chi connectivity index (χ3n) is 2.09. The molecule has 0 atom stereocenters. The molecule has 1 N–H and O–H groups in total. The highest BCUT2D eigenvalue weighted by Crippen LogP contribution is 2.06. The van der Waals surface area contributed by atoms with Gasteiger partial charge in [0.25, 0.3) is 5.91 Å². The number of halogens is 1. The van der Waals surface area contributed by atoms with Crippen LogP contribution in [0.2, 0.25) is 5.15 Å². The number of carbonyl (C=O) groups excluding carboxylic acids is 1. The summed E-state index contributed by atoms with van der Waals surface area (Å²) in [7, 11) is 0. The Bertz CT molecular complexity index is 358. The van der Waals surface area contributed by atoms with Gasteiger partial charge in [0, 0.05) is 31.5 Å². The molecular formula is C12H17ClN2O2. The molecule has 1 amide bonds. The summed E-state index contributed by atoms with van der Waals surface area (Å²) in [5, 5.41) is 3.12. The minimum absolute atomic E-state index is 0.134. The van der Waals surface area contributed by atoms with E-state index in [2.05, 4.69) is 17.2 Å². The zero-order valence-corrected chi connectivity index (χ0v) is 10.7. The molecule has 1 aromatic rings. The predicted octanol–water partition coefficient (Wildman–Crippen LogP) is 2.28. The van der Waals surface area contributed by atoms with Gasteiger partial charge in [0.2, 0.25) is 0 Å². The van der Waals surface area contributed by atoms with Gasteiger partial charge in [0.15, 0.2) is 0 Å². The standard InChI is InChI=1S/C12H17ClN2O2/c1-2-7-17-8-3-5-15-12(16)10-4-6-14-11(13)9-10/h4,6,9H,2-3,5,7-8H2,1H3,(H,15,16). The van der Waals surface area contributed by atoms with Crippen LogP contribution in [0.5, 0.6) is 0 Å². The number of aromatic nitrogens is 1. The molecule has 17 heavy (non-hydrogen) atoms. The van der Waals surface area contributed by atoms with E-state index >= 15 is 0 Å². The highest BCUT2D eigenvalue weighted by atomic mass is 35.5. The second-order valence-corrected chi connectivity index (χ2v) is 3.98. The maximum absolute atomic E-state index is 11.6. The summed E-state index contributed by atoms with van der Waals surface area (Å²) in [6.45, 7) is 4.11. The van der Waals surface area contributed by atoms with Crippen LogP contribution in [0.3, 0.4) is 0 Å². The van der Waals surface area contributed by atoms with E-state index < -0.39 is 0 Å². The SMILES string of the molecule is CCCOCCCNC(=O)c1ccnc(Cl)c1. The predicted molar refractivity (Wildman–Crippen MR) is 67.3 cm³/mol. The number of nitrogens with one attached hydrogen (secondary N) is 1. The fourth-order valence-electron chi connectivity index (χ4n) is 1.27. The summed E-state index contributed by atoms with van der Waals surface area (Å²) in [5.41, 5.74) is 0.527. The Morgan fingerprint density at radius 3 is 3.06 bits per heavy atom. The Morgan fingerprint density at radius 2 is 2.35 bits per heavy atom. The molecule has 0 aliphatic heterocycles. The van der Waals surface area contributed by atoms with Crippen molar-refractivity contribution in [2.45, 2.75) is 19.8 Å². The molecule has 1 aromatic heterocycles. The van der Waals surface area contributed by atoms with Crippen molar-refractivity contribution < 1.29 is 9.53 Å². The van der Waals surface area contributed by atoms with Crippen LogP contribution in [0.4, 0.5) is 0 Å². The van der Waals surface area contributed by atoms with Crippen LogP contribution >= 0.6 is 11.6 Å². The van der Waals surface area contributed by atoms with E-state index in [4.69, 9.17) is 16.3 Å². The first-order valence-electron chi connectivity index (χ1n) is 5.71. The molecular weight excluding hydrogens is 240 g/mol. The largest absolute Gasteiger partial charge is 0.381 e. The van der Waals surface area contributed by atoms with Crippen molar-refractivity contribution in [3.8, 4) is 0 Å². The maximum Gasteiger partial charge on any atom is 0.251 e. The van der Waals surface area contributed by atoms with Crippen molar-refractivity contribution in [1.82, 2.24) is 10.3 Å². The number of pyridine rings is 1. The molecule has 0 aliphatic rings. The van der Waals surface area contributed by atoms with Gasteiger partial charge in [0.05, 0.1) is 0 Å². The van der Waals surface area contributed by atoms with Crippen LogP contribution in [-0.2, 0) is 4.74 Å². The van der Waals surface area contributed by atoms with E-state index in [1.165, 1.54) is 6.20 Å². The average molecular weight is 257 g/mol. The smallest absolute Gasteiger partial charge is 0.251 e. The number of hydrogen-bond donors (Lipinski definition) is 1. The van der Waals surface area contributed by atoms with E-state index in [0.29, 0.717) is 23.9 Å². The molecule has 0 aliphatic carbocycles. The first kappa shape index (κ1) is 13.9. The van der Waals surface area contributed by atoms with Gasteiger partial charge in [-0.15, -0.1) is 0 Å². The molecule has 5 heteroatoms. The molecule has 0 spiro atoms. The molecule has 0 saturated heterocycles. The summed E-state index contributed by atoms with van der Waals surface area (Å²) >= 11 is 5.70. The van der Waals surface area contributed by atoms with Crippen LogP contribution in [0.15, 0.2) is 18.3 Å². The lowest BCUT2D eigenvalue weighted by Crippen LogP contribution is -2.25. The molecule has 0 radical (unpaired) electrons. The van der Waals surface area contributed by atoms with Gasteiger partial charge in [-0.2, -0.15) is 0 Å². The van der Waals surface area contributed by atoms with Crippen molar-refractivity contribution in [2.75, 3.05) is 19.8 Å². The maximum atomic E-state index is 11.6. The van der Waals surface area contributed by atoms with Crippen molar-refractivity contribution in [2.24, 2.45) is 0 Å². The zero-order valence-electron chi connectivity index (χ0n) is 9.91. The first-order valence-corrected chi connectivity index (χ1v) is 6.09. The fourth-order valence-corrected chi connectivity index (χ4v) is 1.44. The Labute approximate surface area is 106 Å². The lowest BCUT2D eigenvalue weighted by Gasteiger charge is -2.05. The Kier molecular flexibility index (Phi) is 6.58. The molecule has 0 aromatic carbocycles. The molecule has 1 rings (SSSR count). The van der Waals surface area contributed by atoms with Gasteiger partial charge in [-0.25, -0.2) is 4.98 Å². The van der Waals surface area contributed by atoms with Gasteiger partial charge >= 0.3 is 0 Å². The molecule has 0 fully saturated rings. The topological polar surface area (TPSA) is 51.2 Å². The Balaban J connectivity index is 2.21. The summed E-state index contributed by atoms with van der Waals surface area (Å²) in [4.78, 5) is 15.5. The second-order valence-electron chi connectivity index (χ2n) is 3.59. The quantitative estimate of drug-likeness (QED) is 0.602. The number of nitrogens with zero attached hydrogens (tertiary/aromatic N) is 1. The number of carbonyl (C=O) groups is 1. The summed E-state index contributed by atoms with van der Waals surface area (Å²) in [5.74, 6) is -0.134. The first-order chi connectivity index (χ1) is 8.24. The minimum atomic E-state index is -0.134. The van der Waals surface area contributed by atoms with Gasteiger partial charge in [0.1, 0.15) is 5.15 Å². The van der Waals surface area contributed by atoms with Crippen LogP contribution in [0.25, 0.3) is 0 Å². The van der Waals surface area contributed by atoms with E-state index in [-0.39, 0.29) is 5.91 Å². The zero-order chi connectivity index (χ0) is 12.5. The van der Waals surface area contributed by atoms with Crippen LogP contribution in [-0.4, -0.2) is 30.6 Å². The summed E-state index contributed by atoms with van der Waals surface area (Å²) < 4.78 is 5.31. The van der Waals surface area contributed by atoms with E-state index in [0.717, 1.165) is 19.4 Å². The molecule has 4 nitrogen and oxygen atoms in total. The number of hydrogen-bond acceptors (Lipinski definition) is 3. The van der Waals surface area contributed by atoms with Gasteiger partial charge in [-0.05, 0) is 25.0 Å². The van der Waals surface area contributed by atoms with Crippen LogP contribution in [0, 0.1) is 0 Å². The van der Waals surface area contributed by atoms with Gasteiger partial charge in [-0.1, -0.05) is 18.5 Å². The van der Waals surface area contributed by atoms with Gasteiger partial charge < -0.3 is 10.1 Å². The van der Waals surface area contributed by atoms with E-state index in [1.54, 1.807) is 12.1 Å². The van der Waals surface area contributed by atoms with Crippen LogP contribution < -0.4 is 5.32 Å². The van der Waals surface area contributed by atoms with Crippen LogP contribution in [0.1, 0.15) is 30.1 Å². The lowest BCUT2D eigenvalue weighted by atomic mass is 10.2. The molecule has 0 unspecified atom stereocenters.